The summed E-state index contributed by atoms with van der Waals surface area (Å²) in [5.74, 6) is 0.678. The van der Waals surface area contributed by atoms with Crippen molar-refractivity contribution < 1.29 is 0 Å². The smallest absolute Gasteiger partial charge is 0.123 e. The third kappa shape index (κ3) is 4.13. The molecule has 1 heterocycles. The van der Waals surface area contributed by atoms with Crippen LogP contribution in [0.3, 0.4) is 0 Å². The lowest BCUT2D eigenvalue weighted by Gasteiger charge is -2.05. The highest BCUT2D eigenvalue weighted by molar-refractivity contribution is 9.10. The van der Waals surface area contributed by atoms with Crippen molar-refractivity contribution in [3.8, 4) is 10.6 Å². The first kappa shape index (κ1) is 14.7. The van der Waals surface area contributed by atoms with Gasteiger partial charge in [-0.3, -0.25) is 0 Å². The highest BCUT2D eigenvalue weighted by atomic mass is 79.9. The van der Waals surface area contributed by atoms with Gasteiger partial charge in [0.25, 0.3) is 0 Å². The van der Waals surface area contributed by atoms with Crippen molar-refractivity contribution in [2.75, 3.05) is 6.54 Å². The molecule has 0 saturated carbocycles. The van der Waals surface area contributed by atoms with E-state index in [9.17, 15) is 0 Å². The highest BCUT2D eigenvalue weighted by Crippen LogP contribution is 2.29. The molecule has 4 heteroatoms. The van der Waals surface area contributed by atoms with Crippen LogP contribution in [0, 0.1) is 12.8 Å². The highest BCUT2D eigenvalue weighted by Gasteiger charge is 2.09. The number of aryl methyl sites for hydroxylation is 1. The van der Waals surface area contributed by atoms with E-state index in [2.05, 4.69) is 59.1 Å². The zero-order chi connectivity index (χ0) is 13.8. The second kappa shape index (κ2) is 6.64. The Bertz CT molecular complexity index is 549. The second-order valence-corrected chi connectivity index (χ2v) is 7.06. The fourth-order valence-electron chi connectivity index (χ4n) is 1.81. The molecule has 0 unspecified atom stereocenters. The number of benzene rings is 1. The largest absolute Gasteiger partial charge is 0.312 e. The molecule has 0 atom stereocenters. The molecule has 1 aromatic carbocycles. The zero-order valence-electron chi connectivity index (χ0n) is 11.5. The lowest BCUT2D eigenvalue weighted by atomic mass is 10.2. The van der Waals surface area contributed by atoms with Crippen molar-refractivity contribution >= 4 is 27.3 Å². The van der Waals surface area contributed by atoms with Crippen molar-refractivity contribution in [2.45, 2.75) is 27.3 Å². The molecule has 1 N–H and O–H groups in total. The van der Waals surface area contributed by atoms with Gasteiger partial charge in [0.05, 0.1) is 5.69 Å². The molecule has 1 aromatic heterocycles. The predicted molar refractivity (Wildman–Crippen MR) is 86.5 cm³/mol. The van der Waals surface area contributed by atoms with E-state index in [-0.39, 0.29) is 0 Å². The molecular weight excluding hydrogens is 320 g/mol. The van der Waals surface area contributed by atoms with E-state index in [0.717, 1.165) is 28.3 Å². The standard InChI is InChI=1S/C15H19BrN2S/c1-10(2)8-17-9-14-11(3)18-15(19-14)12-5-4-6-13(16)7-12/h4-7,10,17H,8-9H2,1-3H3. The van der Waals surface area contributed by atoms with Crippen LogP contribution in [-0.4, -0.2) is 11.5 Å². The normalized spacial score (nSPS) is 11.2. The quantitative estimate of drug-likeness (QED) is 0.859. The third-order valence-corrected chi connectivity index (χ3v) is 4.50. The number of nitrogens with one attached hydrogen (secondary N) is 1. The van der Waals surface area contributed by atoms with Crippen LogP contribution >= 0.6 is 27.3 Å². The molecule has 0 amide bonds. The Morgan fingerprint density at radius 3 is 2.84 bits per heavy atom. The first-order valence-electron chi connectivity index (χ1n) is 6.49. The van der Waals surface area contributed by atoms with E-state index in [4.69, 9.17) is 0 Å². The van der Waals surface area contributed by atoms with Gasteiger partial charge in [-0.05, 0) is 31.5 Å². The molecule has 0 aliphatic carbocycles. The molecule has 2 nitrogen and oxygen atoms in total. The number of thiazole rings is 1. The first-order valence-corrected chi connectivity index (χ1v) is 8.10. The molecule has 0 fully saturated rings. The maximum atomic E-state index is 4.68. The Morgan fingerprint density at radius 1 is 1.37 bits per heavy atom. The van der Waals surface area contributed by atoms with Crippen LogP contribution in [-0.2, 0) is 6.54 Å². The van der Waals surface area contributed by atoms with Gasteiger partial charge in [-0.15, -0.1) is 11.3 Å². The molecule has 0 bridgehead atoms. The van der Waals surface area contributed by atoms with Gasteiger partial charge in [-0.25, -0.2) is 4.98 Å². The average molecular weight is 339 g/mol. The van der Waals surface area contributed by atoms with Gasteiger partial charge in [0.2, 0.25) is 0 Å². The molecule has 0 aliphatic heterocycles. The Kier molecular flexibility index (Phi) is 5.13. The van der Waals surface area contributed by atoms with Crippen molar-refractivity contribution in [1.29, 1.82) is 0 Å². The summed E-state index contributed by atoms with van der Waals surface area (Å²) >= 11 is 5.29. The lowest BCUT2D eigenvalue weighted by Crippen LogP contribution is -2.18. The molecule has 102 valence electrons. The summed E-state index contributed by atoms with van der Waals surface area (Å²) in [6.07, 6.45) is 0. The summed E-state index contributed by atoms with van der Waals surface area (Å²) in [6.45, 7) is 8.49. The van der Waals surface area contributed by atoms with Crippen LogP contribution in [0.5, 0.6) is 0 Å². The summed E-state index contributed by atoms with van der Waals surface area (Å²) < 4.78 is 1.09. The van der Waals surface area contributed by atoms with E-state index < -0.39 is 0 Å². The van der Waals surface area contributed by atoms with Crippen molar-refractivity contribution in [2.24, 2.45) is 5.92 Å². The molecule has 0 aliphatic rings. The van der Waals surface area contributed by atoms with Gasteiger partial charge < -0.3 is 5.32 Å². The minimum Gasteiger partial charge on any atom is -0.312 e. The average Bonchev–Trinajstić information content (AvgIpc) is 2.71. The summed E-state index contributed by atoms with van der Waals surface area (Å²) in [5, 5.41) is 4.58. The van der Waals surface area contributed by atoms with Gasteiger partial charge >= 0.3 is 0 Å². The Morgan fingerprint density at radius 2 is 2.16 bits per heavy atom. The molecule has 0 saturated heterocycles. The minimum absolute atomic E-state index is 0.678. The van der Waals surface area contributed by atoms with Crippen LogP contribution in [0.25, 0.3) is 10.6 Å². The maximum absolute atomic E-state index is 4.68. The van der Waals surface area contributed by atoms with Crippen LogP contribution in [0.15, 0.2) is 28.7 Å². The Balaban J connectivity index is 2.12. The summed E-state index contributed by atoms with van der Waals surface area (Å²) in [7, 11) is 0. The monoisotopic (exact) mass is 338 g/mol. The van der Waals surface area contributed by atoms with Gasteiger partial charge in [-0.1, -0.05) is 41.9 Å². The zero-order valence-corrected chi connectivity index (χ0v) is 13.9. The number of hydrogen-bond acceptors (Lipinski definition) is 3. The SMILES string of the molecule is Cc1nc(-c2cccc(Br)c2)sc1CNCC(C)C. The van der Waals surface area contributed by atoms with E-state index in [0.29, 0.717) is 5.92 Å². The maximum Gasteiger partial charge on any atom is 0.123 e. The van der Waals surface area contributed by atoms with Gasteiger partial charge in [0.15, 0.2) is 0 Å². The first-order chi connectivity index (χ1) is 9.06. The molecule has 2 aromatic rings. The summed E-state index contributed by atoms with van der Waals surface area (Å²) in [5.41, 5.74) is 2.31. The van der Waals surface area contributed by atoms with E-state index >= 15 is 0 Å². The molecule has 0 spiro atoms. The van der Waals surface area contributed by atoms with Gasteiger partial charge in [0, 0.05) is 21.5 Å². The lowest BCUT2D eigenvalue weighted by molar-refractivity contribution is 0.554. The fourth-order valence-corrected chi connectivity index (χ4v) is 3.24. The number of nitrogens with zero attached hydrogens (tertiary/aromatic N) is 1. The van der Waals surface area contributed by atoms with Gasteiger partial charge in [0.1, 0.15) is 5.01 Å². The number of rotatable bonds is 5. The summed E-state index contributed by atoms with van der Waals surface area (Å²) in [6, 6.07) is 8.31. The van der Waals surface area contributed by atoms with E-state index in [1.807, 2.05) is 12.1 Å². The van der Waals surface area contributed by atoms with E-state index in [1.165, 1.54) is 10.4 Å². The van der Waals surface area contributed by atoms with Crippen molar-refractivity contribution in [1.82, 2.24) is 10.3 Å². The van der Waals surface area contributed by atoms with Crippen molar-refractivity contribution in [3.05, 3.63) is 39.3 Å². The van der Waals surface area contributed by atoms with Gasteiger partial charge in [-0.2, -0.15) is 0 Å². The third-order valence-electron chi connectivity index (χ3n) is 2.80. The summed E-state index contributed by atoms with van der Waals surface area (Å²) in [4.78, 5) is 6.01. The van der Waals surface area contributed by atoms with Crippen molar-refractivity contribution in [3.63, 3.8) is 0 Å². The number of halogens is 1. The molecular formula is C15H19BrN2S. The predicted octanol–water partition coefficient (Wildman–Crippen LogP) is 4.63. The van der Waals surface area contributed by atoms with Crippen LogP contribution in [0.1, 0.15) is 24.4 Å². The molecule has 19 heavy (non-hydrogen) atoms. The Hall–Kier alpha value is -0.710. The molecule has 0 radical (unpaired) electrons. The molecule has 2 rings (SSSR count). The number of hydrogen-bond donors (Lipinski definition) is 1. The van der Waals surface area contributed by atoms with Crippen LogP contribution in [0.4, 0.5) is 0 Å². The topological polar surface area (TPSA) is 24.9 Å². The van der Waals surface area contributed by atoms with Crippen LogP contribution < -0.4 is 5.32 Å². The Labute approximate surface area is 127 Å². The second-order valence-electron chi connectivity index (χ2n) is 5.06. The fraction of sp³-hybridized carbons (Fsp3) is 0.400. The van der Waals surface area contributed by atoms with E-state index in [1.54, 1.807) is 11.3 Å². The number of aromatic nitrogens is 1. The minimum atomic E-state index is 0.678. The van der Waals surface area contributed by atoms with Crippen LogP contribution in [0.2, 0.25) is 0 Å².